The van der Waals surface area contributed by atoms with E-state index in [2.05, 4.69) is 4.90 Å². The van der Waals surface area contributed by atoms with Gasteiger partial charge in [0.25, 0.3) is 5.91 Å². The molecule has 0 N–H and O–H groups in total. The van der Waals surface area contributed by atoms with Crippen LogP contribution in [0.4, 0.5) is 0 Å². The largest absolute Gasteiger partial charge is 0.464 e. The molecular weight excluding hydrogens is 400 g/mol. The van der Waals surface area contributed by atoms with Gasteiger partial charge in [-0.3, -0.25) is 9.59 Å². The molecule has 2 aromatic carbocycles. The van der Waals surface area contributed by atoms with E-state index in [0.717, 1.165) is 49.2 Å². The fraction of sp³-hybridized carbons (Fsp3) is 0.333. The summed E-state index contributed by atoms with van der Waals surface area (Å²) >= 11 is 0. The van der Waals surface area contributed by atoms with Crippen LogP contribution >= 0.6 is 0 Å². The Bertz CT molecular complexity index is 1060. The number of fused-ring (bicyclic) bond motifs is 1. The first kappa shape index (κ1) is 20.6. The molecule has 0 radical (unpaired) electrons. The molecule has 32 heavy (non-hydrogen) atoms. The molecule has 0 unspecified atom stereocenters. The molecule has 0 aliphatic carbocycles. The summed E-state index contributed by atoms with van der Waals surface area (Å²) in [6, 6.07) is 21.6. The second kappa shape index (κ2) is 9.03. The summed E-state index contributed by atoms with van der Waals surface area (Å²) in [4.78, 5) is 30.2. The fourth-order valence-corrected chi connectivity index (χ4v) is 5.15. The van der Waals surface area contributed by atoms with Crippen LogP contribution < -0.4 is 0 Å². The number of benzene rings is 2. The van der Waals surface area contributed by atoms with Gasteiger partial charge in [0.05, 0.1) is 12.7 Å². The first-order valence-electron chi connectivity index (χ1n) is 11.5. The molecule has 2 aliphatic rings. The van der Waals surface area contributed by atoms with Crippen LogP contribution in [-0.2, 0) is 11.2 Å². The van der Waals surface area contributed by atoms with Crippen LogP contribution in [0.15, 0.2) is 77.4 Å². The van der Waals surface area contributed by atoms with Gasteiger partial charge in [-0.15, -0.1) is 0 Å². The molecule has 0 spiro atoms. The maximum absolute atomic E-state index is 13.3. The van der Waals surface area contributed by atoms with Crippen LogP contribution in [0.1, 0.15) is 35.2 Å². The molecule has 3 heterocycles. The van der Waals surface area contributed by atoms with Crippen LogP contribution in [-0.4, -0.2) is 47.3 Å². The lowest BCUT2D eigenvalue weighted by molar-refractivity contribution is -0.133. The number of likely N-dealkylation sites (tertiary alicyclic amines) is 2. The van der Waals surface area contributed by atoms with Gasteiger partial charge in [-0.2, -0.15) is 0 Å². The minimum absolute atomic E-state index is 0.0924. The molecule has 0 bridgehead atoms. The van der Waals surface area contributed by atoms with Crippen molar-refractivity contribution in [2.24, 2.45) is 5.92 Å². The summed E-state index contributed by atoms with van der Waals surface area (Å²) in [7, 11) is 0. The smallest absolute Gasteiger partial charge is 0.254 e. The first-order chi connectivity index (χ1) is 15.7. The Morgan fingerprint density at radius 1 is 0.906 bits per heavy atom. The summed E-state index contributed by atoms with van der Waals surface area (Å²) in [5.74, 6) is 1.43. The summed E-state index contributed by atoms with van der Waals surface area (Å²) in [6.07, 6.45) is 5.00. The van der Waals surface area contributed by atoms with E-state index in [1.165, 1.54) is 0 Å². The lowest BCUT2D eigenvalue weighted by Crippen LogP contribution is -2.56. The van der Waals surface area contributed by atoms with Crippen LogP contribution in [0.25, 0.3) is 11.3 Å². The average Bonchev–Trinajstić information content (AvgIpc) is 3.39. The van der Waals surface area contributed by atoms with E-state index in [1.54, 1.807) is 6.26 Å². The Hall–Kier alpha value is -3.34. The van der Waals surface area contributed by atoms with Crippen LogP contribution in [0.2, 0.25) is 0 Å². The van der Waals surface area contributed by atoms with Gasteiger partial charge in [0.1, 0.15) is 5.76 Å². The highest BCUT2D eigenvalue weighted by atomic mass is 16.3. The fourth-order valence-electron chi connectivity index (χ4n) is 5.15. The zero-order chi connectivity index (χ0) is 21.9. The molecule has 164 valence electrons. The minimum atomic E-state index is 0.0924. The van der Waals surface area contributed by atoms with Gasteiger partial charge < -0.3 is 14.2 Å². The van der Waals surface area contributed by atoms with E-state index in [0.29, 0.717) is 24.4 Å². The highest BCUT2D eigenvalue weighted by Crippen LogP contribution is 2.32. The van der Waals surface area contributed by atoms with Crippen molar-refractivity contribution in [3.05, 3.63) is 84.1 Å². The van der Waals surface area contributed by atoms with Crippen molar-refractivity contribution in [1.29, 1.82) is 0 Å². The SMILES string of the molecule is O=C(Cc1ccccc1)N1CC[C@H]2[C@H](CCCN2C(=O)c2ccc(-c3ccco3)cc2)C1. The number of furan rings is 1. The Morgan fingerprint density at radius 3 is 2.47 bits per heavy atom. The number of amides is 2. The molecule has 5 rings (SSSR count). The number of nitrogens with zero attached hydrogens (tertiary/aromatic N) is 2. The second-order valence-electron chi connectivity index (χ2n) is 8.81. The lowest BCUT2D eigenvalue weighted by atomic mass is 9.83. The average molecular weight is 429 g/mol. The van der Waals surface area contributed by atoms with Gasteiger partial charge in [-0.05, 0) is 55.0 Å². The Balaban J connectivity index is 1.24. The molecule has 0 saturated carbocycles. The van der Waals surface area contributed by atoms with Crippen molar-refractivity contribution < 1.29 is 14.0 Å². The summed E-state index contributed by atoms with van der Waals surface area (Å²) in [6.45, 7) is 2.25. The molecule has 1 aromatic heterocycles. The van der Waals surface area contributed by atoms with Gasteiger partial charge in [-0.1, -0.05) is 42.5 Å². The van der Waals surface area contributed by atoms with Crippen molar-refractivity contribution in [3.8, 4) is 11.3 Å². The third kappa shape index (κ3) is 4.20. The Kier molecular flexibility index (Phi) is 5.80. The lowest BCUT2D eigenvalue weighted by Gasteiger charge is -2.47. The second-order valence-corrected chi connectivity index (χ2v) is 8.81. The van der Waals surface area contributed by atoms with Crippen molar-refractivity contribution >= 4 is 11.8 Å². The zero-order valence-electron chi connectivity index (χ0n) is 18.2. The van der Waals surface area contributed by atoms with Crippen molar-refractivity contribution in [1.82, 2.24) is 9.80 Å². The summed E-state index contributed by atoms with van der Waals surface area (Å²) < 4.78 is 5.45. The normalized spacial score (nSPS) is 20.6. The number of hydrogen-bond acceptors (Lipinski definition) is 3. The molecule has 2 atom stereocenters. The third-order valence-corrected chi connectivity index (χ3v) is 6.82. The van der Waals surface area contributed by atoms with Gasteiger partial charge in [-0.25, -0.2) is 0 Å². The topological polar surface area (TPSA) is 53.8 Å². The van der Waals surface area contributed by atoms with Gasteiger partial charge in [0.2, 0.25) is 5.91 Å². The van der Waals surface area contributed by atoms with Crippen LogP contribution in [0.5, 0.6) is 0 Å². The molecule has 2 amide bonds. The minimum Gasteiger partial charge on any atom is -0.464 e. The highest BCUT2D eigenvalue weighted by Gasteiger charge is 2.39. The number of carbonyl (C=O) groups is 2. The Labute approximate surface area is 188 Å². The monoisotopic (exact) mass is 428 g/mol. The maximum atomic E-state index is 13.3. The van der Waals surface area contributed by atoms with Crippen LogP contribution in [0.3, 0.4) is 0 Å². The third-order valence-electron chi connectivity index (χ3n) is 6.82. The van der Waals surface area contributed by atoms with Crippen molar-refractivity contribution in [2.75, 3.05) is 19.6 Å². The van der Waals surface area contributed by atoms with E-state index in [-0.39, 0.29) is 17.9 Å². The highest BCUT2D eigenvalue weighted by molar-refractivity contribution is 5.95. The molecule has 5 nitrogen and oxygen atoms in total. The first-order valence-corrected chi connectivity index (χ1v) is 11.5. The standard InChI is InChI=1S/C27H28N2O3/c30-26(18-20-6-2-1-3-7-20)28-16-14-24-23(19-28)8-4-15-29(24)27(31)22-12-10-21(11-13-22)25-9-5-17-32-25/h1-3,5-7,9-13,17,23-24H,4,8,14-16,18-19H2/t23-,24+/m1/s1. The van der Waals surface area contributed by atoms with Crippen LogP contribution in [0, 0.1) is 5.92 Å². The summed E-state index contributed by atoms with van der Waals surface area (Å²) in [5.41, 5.74) is 2.73. The van der Waals surface area contributed by atoms with Gasteiger partial charge in [0, 0.05) is 36.8 Å². The number of hydrogen-bond donors (Lipinski definition) is 0. The molecule has 2 fully saturated rings. The molecular formula is C27H28N2O3. The van der Waals surface area contributed by atoms with Crippen molar-refractivity contribution in [3.63, 3.8) is 0 Å². The zero-order valence-corrected chi connectivity index (χ0v) is 18.2. The van der Waals surface area contributed by atoms with E-state index in [9.17, 15) is 9.59 Å². The summed E-state index contributed by atoms with van der Waals surface area (Å²) in [5, 5.41) is 0. The van der Waals surface area contributed by atoms with Gasteiger partial charge in [0.15, 0.2) is 0 Å². The molecule has 2 saturated heterocycles. The maximum Gasteiger partial charge on any atom is 0.254 e. The van der Waals surface area contributed by atoms with E-state index in [1.807, 2.05) is 71.6 Å². The van der Waals surface area contributed by atoms with Crippen molar-refractivity contribution in [2.45, 2.75) is 31.7 Å². The van der Waals surface area contributed by atoms with E-state index >= 15 is 0 Å². The van der Waals surface area contributed by atoms with E-state index in [4.69, 9.17) is 4.42 Å². The predicted molar refractivity (Wildman–Crippen MR) is 123 cm³/mol. The molecule has 2 aliphatic heterocycles. The van der Waals surface area contributed by atoms with Gasteiger partial charge >= 0.3 is 0 Å². The molecule has 5 heteroatoms. The number of piperidine rings is 2. The van der Waals surface area contributed by atoms with E-state index < -0.39 is 0 Å². The quantitative estimate of drug-likeness (QED) is 0.608. The number of carbonyl (C=O) groups excluding carboxylic acids is 2. The predicted octanol–water partition coefficient (Wildman–Crippen LogP) is 4.64. The molecule has 3 aromatic rings. The number of rotatable bonds is 4. The Morgan fingerprint density at radius 2 is 1.72 bits per heavy atom.